The molecule has 0 aromatic rings. The number of carbonyl (C=O) groups is 2. The largest absolute Gasteiger partial charge is 0.354 e. The van der Waals surface area contributed by atoms with Crippen molar-refractivity contribution in [1.82, 2.24) is 10.2 Å². The summed E-state index contributed by atoms with van der Waals surface area (Å²) in [5.74, 6) is 1.46. The molecule has 0 spiro atoms. The second kappa shape index (κ2) is 5.11. The number of rotatable bonds is 4. The molecule has 0 unspecified atom stereocenters. The van der Waals surface area contributed by atoms with Gasteiger partial charge in [0.25, 0.3) is 0 Å². The fourth-order valence-corrected chi connectivity index (χ4v) is 4.05. The first-order valence-electron chi connectivity index (χ1n) is 6.68. The predicted molar refractivity (Wildman–Crippen MR) is 73.2 cm³/mol. The van der Waals surface area contributed by atoms with Gasteiger partial charge in [-0.25, -0.2) is 0 Å². The van der Waals surface area contributed by atoms with E-state index in [2.05, 4.69) is 26.1 Å². The van der Waals surface area contributed by atoms with Gasteiger partial charge in [0.05, 0.1) is 4.87 Å². The average Bonchev–Trinajstić information content (AvgIpc) is 2.76. The first kappa shape index (κ1) is 13.7. The quantitative estimate of drug-likeness (QED) is 0.844. The maximum absolute atomic E-state index is 12.1. The van der Waals surface area contributed by atoms with Crippen molar-refractivity contribution in [2.75, 3.05) is 12.3 Å². The van der Waals surface area contributed by atoms with E-state index in [-0.39, 0.29) is 22.7 Å². The fraction of sp³-hybridized carbons (Fsp3) is 0.846. The minimum absolute atomic E-state index is 0.0159. The van der Waals surface area contributed by atoms with Gasteiger partial charge in [0.2, 0.25) is 11.8 Å². The van der Waals surface area contributed by atoms with Crippen molar-refractivity contribution in [3.63, 3.8) is 0 Å². The van der Waals surface area contributed by atoms with Crippen LogP contribution in [0.2, 0.25) is 0 Å². The van der Waals surface area contributed by atoms with Crippen LogP contribution in [-0.4, -0.2) is 39.9 Å². The molecular formula is C13H22N2O2S. The summed E-state index contributed by atoms with van der Waals surface area (Å²) in [5, 5.41) is 2.96. The number of nitrogens with zero attached hydrogens (tertiary/aromatic N) is 1. The number of hydrogen-bond acceptors (Lipinski definition) is 3. The summed E-state index contributed by atoms with van der Waals surface area (Å²) >= 11 is 1.74. The Labute approximate surface area is 113 Å². The molecule has 2 heterocycles. The molecule has 0 aromatic carbocycles. The molecular weight excluding hydrogens is 248 g/mol. The summed E-state index contributed by atoms with van der Waals surface area (Å²) in [6, 6.07) is -0.262. The Hall–Kier alpha value is -0.710. The summed E-state index contributed by atoms with van der Waals surface area (Å²) in [5.41, 5.74) is 0. The Kier molecular flexibility index (Phi) is 3.90. The van der Waals surface area contributed by atoms with Crippen LogP contribution >= 0.6 is 11.8 Å². The number of amides is 2. The second-order valence-corrected chi connectivity index (χ2v) is 7.24. The van der Waals surface area contributed by atoms with Gasteiger partial charge in [0.15, 0.2) is 0 Å². The molecule has 2 amide bonds. The zero-order chi connectivity index (χ0) is 13.3. The van der Waals surface area contributed by atoms with Gasteiger partial charge in [0.1, 0.15) is 6.04 Å². The summed E-state index contributed by atoms with van der Waals surface area (Å²) in [4.78, 5) is 25.7. The lowest BCUT2D eigenvalue weighted by Gasteiger charge is -2.29. The maximum Gasteiger partial charge on any atom is 0.243 e. The molecule has 0 bridgehead atoms. The van der Waals surface area contributed by atoms with E-state index in [1.165, 1.54) is 0 Å². The third-order valence-electron chi connectivity index (χ3n) is 3.77. The Morgan fingerprint density at radius 3 is 3.00 bits per heavy atom. The van der Waals surface area contributed by atoms with Crippen molar-refractivity contribution >= 4 is 23.6 Å². The molecule has 2 aliphatic rings. The fourth-order valence-electron chi connectivity index (χ4n) is 2.62. The van der Waals surface area contributed by atoms with Crippen LogP contribution in [0.15, 0.2) is 0 Å². The summed E-state index contributed by atoms with van der Waals surface area (Å²) in [6.45, 7) is 7.05. The first-order valence-corrected chi connectivity index (χ1v) is 7.66. The molecule has 0 aliphatic carbocycles. The Morgan fingerprint density at radius 1 is 1.61 bits per heavy atom. The molecule has 2 rings (SSSR count). The standard InChI is InChI=1S/C13H22N2O2S/c1-9(2)5-7-14-12(17)10-8-18-13(3)6-4-11(16)15(10)13/h9-10H,4-8H2,1-3H3,(H,14,17)/t10-,13+/m0/s1. The van der Waals surface area contributed by atoms with Gasteiger partial charge in [0, 0.05) is 18.7 Å². The highest BCUT2D eigenvalue weighted by molar-refractivity contribution is 8.01. The van der Waals surface area contributed by atoms with Crippen LogP contribution < -0.4 is 5.32 Å². The van der Waals surface area contributed by atoms with Crippen molar-refractivity contribution in [2.24, 2.45) is 5.92 Å². The lowest BCUT2D eigenvalue weighted by Crippen LogP contribution is -2.50. The molecule has 1 N–H and O–H groups in total. The molecule has 2 atom stereocenters. The van der Waals surface area contributed by atoms with Gasteiger partial charge in [-0.15, -0.1) is 11.8 Å². The monoisotopic (exact) mass is 270 g/mol. The van der Waals surface area contributed by atoms with Crippen molar-refractivity contribution in [3.05, 3.63) is 0 Å². The number of nitrogens with one attached hydrogen (secondary N) is 1. The van der Waals surface area contributed by atoms with Crippen LogP contribution in [-0.2, 0) is 9.59 Å². The average molecular weight is 270 g/mol. The van der Waals surface area contributed by atoms with Gasteiger partial charge < -0.3 is 10.2 Å². The molecule has 2 saturated heterocycles. The lowest BCUT2D eigenvalue weighted by molar-refractivity contribution is -0.137. The van der Waals surface area contributed by atoms with E-state index in [4.69, 9.17) is 0 Å². The molecule has 2 aliphatic heterocycles. The van der Waals surface area contributed by atoms with Crippen molar-refractivity contribution in [2.45, 2.75) is 50.9 Å². The van der Waals surface area contributed by atoms with Crippen LogP contribution in [0.4, 0.5) is 0 Å². The zero-order valence-corrected chi connectivity index (χ0v) is 12.2. The number of thioether (sulfide) groups is 1. The molecule has 102 valence electrons. The number of hydrogen-bond donors (Lipinski definition) is 1. The molecule has 5 heteroatoms. The summed E-state index contributed by atoms with van der Waals surface area (Å²) in [6.07, 6.45) is 2.43. The second-order valence-electron chi connectivity index (χ2n) is 5.74. The van der Waals surface area contributed by atoms with Crippen LogP contribution in [0.25, 0.3) is 0 Å². The van der Waals surface area contributed by atoms with E-state index in [1.807, 2.05) is 4.90 Å². The van der Waals surface area contributed by atoms with E-state index in [0.29, 0.717) is 18.9 Å². The third kappa shape index (κ3) is 2.51. The van der Waals surface area contributed by atoms with Crippen LogP contribution in [0.5, 0.6) is 0 Å². The molecule has 4 nitrogen and oxygen atoms in total. The zero-order valence-electron chi connectivity index (χ0n) is 11.4. The van der Waals surface area contributed by atoms with Crippen molar-refractivity contribution in [3.8, 4) is 0 Å². The number of carbonyl (C=O) groups excluding carboxylic acids is 2. The Bertz CT molecular complexity index is 359. The summed E-state index contributed by atoms with van der Waals surface area (Å²) in [7, 11) is 0. The van der Waals surface area contributed by atoms with E-state index in [0.717, 1.165) is 18.6 Å². The first-order chi connectivity index (χ1) is 8.44. The van der Waals surface area contributed by atoms with Crippen LogP contribution in [0, 0.1) is 5.92 Å². The highest BCUT2D eigenvalue weighted by Crippen LogP contribution is 2.47. The molecule has 2 fully saturated rings. The van der Waals surface area contributed by atoms with Crippen LogP contribution in [0.1, 0.15) is 40.0 Å². The molecule has 0 saturated carbocycles. The van der Waals surface area contributed by atoms with Crippen LogP contribution in [0.3, 0.4) is 0 Å². The van der Waals surface area contributed by atoms with Gasteiger partial charge >= 0.3 is 0 Å². The topological polar surface area (TPSA) is 49.4 Å². The Morgan fingerprint density at radius 2 is 2.33 bits per heavy atom. The summed E-state index contributed by atoms with van der Waals surface area (Å²) < 4.78 is 0. The van der Waals surface area contributed by atoms with Gasteiger partial charge in [-0.3, -0.25) is 9.59 Å². The predicted octanol–water partition coefficient (Wildman–Crippen LogP) is 1.60. The minimum atomic E-state index is -0.262. The van der Waals surface area contributed by atoms with E-state index in [9.17, 15) is 9.59 Å². The third-order valence-corrected chi connectivity index (χ3v) is 5.27. The highest BCUT2D eigenvalue weighted by Gasteiger charge is 2.52. The molecule has 18 heavy (non-hydrogen) atoms. The van der Waals surface area contributed by atoms with E-state index >= 15 is 0 Å². The van der Waals surface area contributed by atoms with Crippen molar-refractivity contribution in [1.29, 1.82) is 0 Å². The molecule has 0 radical (unpaired) electrons. The SMILES string of the molecule is CC(C)CCNC(=O)[C@@H]1CS[C@]2(C)CCC(=O)N12. The normalized spacial score (nSPS) is 31.0. The van der Waals surface area contributed by atoms with Gasteiger partial charge in [-0.2, -0.15) is 0 Å². The smallest absolute Gasteiger partial charge is 0.243 e. The van der Waals surface area contributed by atoms with E-state index in [1.54, 1.807) is 11.8 Å². The minimum Gasteiger partial charge on any atom is -0.354 e. The van der Waals surface area contributed by atoms with E-state index < -0.39 is 0 Å². The van der Waals surface area contributed by atoms with Crippen molar-refractivity contribution < 1.29 is 9.59 Å². The molecule has 0 aromatic heterocycles. The highest BCUT2D eigenvalue weighted by atomic mass is 32.2. The Balaban J connectivity index is 1.93. The lowest BCUT2D eigenvalue weighted by atomic mass is 10.1. The van der Waals surface area contributed by atoms with Gasteiger partial charge in [-0.05, 0) is 25.7 Å². The maximum atomic E-state index is 12.1. The van der Waals surface area contributed by atoms with Gasteiger partial charge in [-0.1, -0.05) is 13.8 Å². The number of fused-ring (bicyclic) bond motifs is 1.